The van der Waals surface area contributed by atoms with E-state index in [0.29, 0.717) is 19.6 Å². The summed E-state index contributed by atoms with van der Waals surface area (Å²) in [7, 11) is 0. The second-order valence-electron chi connectivity index (χ2n) is 22.6. The molecule has 0 aliphatic rings. The summed E-state index contributed by atoms with van der Waals surface area (Å²) < 4.78 is 0. The number of amides is 2. The SMILES string of the molecule is CCCCCCCCCCCCCCN(CCCCCCCCCCCCCC)CCN(CCNC=O)C(=O)CN(CCCCCCCCC)CCN(CCCCCCCCC)CCCCCCCCC. The van der Waals surface area contributed by atoms with Crippen LogP contribution in [0, 0.1) is 0 Å². The van der Waals surface area contributed by atoms with Gasteiger partial charge in [0.25, 0.3) is 0 Å². The van der Waals surface area contributed by atoms with Crippen LogP contribution in [-0.4, -0.2) is 110 Å². The van der Waals surface area contributed by atoms with E-state index in [1.54, 1.807) is 0 Å². The third-order valence-electron chi connectivity index (χ3n) is 15.6. The van der Waals surface area contributed by atoms with Gasteiger partial charge in [-0.2, -0.15) is 0 Å². The second-order valence-corrected chi connectivity index (χ2v) is 22.6. The maximum Gasteiger partial charge on any atom is 0.236 e. The van der Waals surface area contributed by atoms with Gasteiger partial charge in [0.1, 0.15) is 0 Å². The lowest BCUT2D eigenvalue weighted by molar-refractivity contribution is -0.133. The minimum atomic E-state index is 0.252. The molecule has 1 N–H and O–H groups in total. The summed E-state index contributed by atoms with van der Waals surface area (Å²) >= 11 is 0. The first-order valence-corrected chi connectivity index (χ1v) is 32.7. The van der Waals surface area contributed by atoms with Crippen molar-refractivity contribution in [1.82, 2.24) is 24.9 Å². The molecular weight excluding hydrogens is 871 g/mol. The highest BCUT2D eigenvalue weighted by Crippen LogP contribution is 2.16. The quantitative estimate of drug-likeness (QED) is 0.0486. The van der Waals surface area contributed by atoms with Gasteiger partial charge in [0.05, 0.1) is 6.54 Å². The average Bonchev–Trinajstić information content (AvgIpc) is 3.37. The molecule has 0 aromatic carbocycles. The van der Waals surface area contributed by atoms with Crippen LogP contribution in [0.3, 0.4) is 0 Å². The molecule has 0 aromatic rings. The number of rotatable bonds is 62. The summed E-state index contributed by atoms with van der Waals surface area (Å²) in [6.45, 7) is 22.6. The molecule has 0 aromatic heterocycles. The van der Waals surface area contributed by atoms with E-state index in [0.717, 1.165) is 52.2 Å². The molecule has 0 bridgehead atoms. The topological polar surface area (TPSA) is 59.1 Å². The average molecular weight is 1000 g/mol. The van der Waals surface area contributed by atoms with Gasteiger partial charge in [0.2, 0.25) is 12.3 Å². The van der Waals surface area contributed by atoms with Crippen molar-refractivity contribution in [2.45, 2.75) is 324 Å². The molecule has 7 nitrogen and oxygen atoms in total. The van der Waals surface area contributed by atoms with Crippen LogP contribution in [0.15, 0.2) is 0 Å². The molecule has 0 saturated heterocycles. The molecule has 0 unspecified atom stereocenters. The third kappa shape index (κ3) is 52.1. The van der Waals surface area contributed by atoms with Crippen molar-refractivity contribution in [2.24, 2.45) is 0 Å². The van der Waals surface area contributed by atoms with E-state index in [1.807, 2.05) is 0 Å². The smallest absolute Gasteiger partial charge is 0.236 e. The number of carbonyl (C=O) groups is 2. The van der Waals surface area contributed by atoms with Crippen LogP contribution in [0.5, 0.6) is 0 Å². The molecule has 0 aliphatic heterocycles. The van der Waals surface area contributed by atoms with Gasteiger partial charge < -0.3 is 20.0 Å². The second kappa shape index (κ2) is 59.7. The zero-order valence-electron chi connectivity index (χ0n) is 49.5. The van der Waals surface area contributed by atoms with Crippen LogP contribution in [0.4, 0.5) is 0 Å². The van der Waals surface area contributed by atoms with Crippen LogP contribution < -0.4 is 5.32 Å². The number of nitrogens with zero attached hydrogens (tertiary/aromatic N) is 4. The van der Waals surface area contributed by atoms with Gasteiger partial charge in [-0.05, 0) is 64.8 Å². The first kappa shape index (κ1) is 69.8. The highest BCUT2D eigenvalue weighted by molar-refractivity contribution is 5.78. The lowest BCUT2D eigenvalue weighted by Gasteiger charge is -2.31. The van der Waals surface area contributed by atoms with E-state index >= 15 is 0 Å². The number of carbonyl (C=O) groups excluding carboxylic acids is 2. The predicted octanol–water partition coefficient (Wildman–Crippen LogP) is 18.1. The van der Waals surface area contributed by atoms with Crippen molar-refractivity contribution in [2.75, 3.05) is 78.5 Å². The van der Waals surface area contributed by atoms with Crippen molar-refractivity contribution >= 4 is 12.3 Å². The fourth-order valence-corrected chi connectivity index (χ4v) is 10.6. The van der Waals surface area contributed by atoms with Crippen LogP contribution >= 0.6 is 0 Å². The molecule has 7 heteroatoms. The molecule has 0 rings (SSSR count). The van der Waals surface area contributed by atoms with Gasteiger partial charge in [0.15, 0.2) is 0 Å². The van der Waals surface area contributed by atoms with Gasteiger partial charge in [-0.15, -0.1) is 0 Å². The van der Waals surface area contributed by atoms with E-state index in [2.05, 4.69) is 59.5 Å². The minimum Gasteiger partial charge on any atom is -0.357 e. The standard InChI is InChI=1S/C64H131N5O2/c1-6-11-16-21-26-28-30-32-34-39-43-48-54-67(55-49-44-40-35-33-31-29-27-22-17-12-7-2)60-61-69(57-51-65-63-70)64(71)62-68(56-50-45-38-25-20-15-10-5)59-58-66(52-46-41-36-23-18-13-8-3)53-47-42-37-24-19-14-9-4/h63H,6-62H2,1-5H3,(H,65,70). The van der Waals surface area contributed by atoms with E-state index < -0.39 is 0 Å². The van der Waals surface area contributed by atoms with E-state index in [-0.39, 0.29) is 5.91 Å². The fraction of sp³-hybridized carbons (Fsp3) is 0.969. The summed E-state index contributed by atoms with van der Waals surface area (Å²) in [5, 5.41) is 2.90. The number of nitrogens with one attached hydrogen (secondary N) is 1. The molecule has 0 spiro atoms. The van der Waals surface area contributed by atoms with E-state index in [9.17, 15) is 9.59 Å². The monoisotopic (exact) mass is 1000 g/mol. The maximum atomic E-state index is 14.5. The molecule has 2 amide bonds. The normalized spacial score (nSPS) is 11.8. The highest BCUT2D eigenvalue weighted by Gasteiger charge is 2.20. The zero-order chi connectivity index (χ0) is 51.6. The molecule has 424 valence electrons. The summed E-state index contributed by atoms with van der Waals surface area (Å²) in [6.07, 6.45) is 61.9. The summed E-state index contributed by atoms with van der Waals surface area (Å²) in [4.78, 5) is 36.1. The first-order valence-electron chi connectivity index (χ1n) is 32.7. The molecule has 71 heavy (non-hydrogen) atoms. The van der Waals surface area contributed by atoms with Crippen molar-refractivity contribution < 1.29 is 9.59 Å². The van der Waals surface area contributed by atoms with Crippen LogP contribution in [-0.2, 0) is 9.59 Å². The number of hydrogen-bond acceptors (Lipinski definition) is 5. The molecule has 0 radical (unpaired) electrons. The van der Waals surface area contributed by atoms with Gasteiger partial charge in [-0.3, -0.25) is 14.5 Å². The summed E-state index contributed by atoms with van der Waals surface area (Å²) in [6, 6.07) is 0. The van der Waals surface area contributed by atoms with Gasteiger partial charge in [-0.1, -0.05) is 291 Å². The molecular formula is C64H131N5O2. The molecule has 0 saturated carbocycles. The van der Waals surface area contributed by atoms with E-state index in [1.165, 1.54) is 302 Å². The lowest BCUT2D eigenvalue weighted by Crippen LogP contribution is -2.47. The Morgan fingerprint density at radius 1 is 0.282 bits per heavy atom. The van der Waals surface area contributed by atoms with Crippen molar-refractivity contribution in [3.05, 3.63) is 0 Å². The Kier molecular flexibility index (Phi) is 58.7. The Morgan fingerprint density at radius 3 is 0.775 bits per heavy atom. The van der Waals surface area contributed by atoms with Crippen LogP contribution in [0.2, 0.25) is 0 Å². The molecule has 0 atom stereocenters. The summed E-state index contributed by atoms with van der Waals surface area (Å²) in [5.41, 5.74) is 0. The predicted molar refractivity (Wildman–Crippen MR) is 316 cm³/mol. The molecule has 0 fully saturated rings. The Bertz CT molecular complexity index is 983. The van der Waals surface area contributed by atoms with Gasteiger partial charge >= 0.3 is 0 Å². The lowest BCUT2D eigenvalue weighted by atomic mass is 10.0. The Balaban J connectivity index is 5.69. The largest absolute Gasteiger partial charge is 0.357 e. The highest BCUT2D eigenvalue weighted by atomic mass is 16.2. The van der Waals surface area contributed by atoms with Gasteiger partial charge in [0, 0.05) is 39.3 Å². The molecule has 0 heterocycles. The fourth-order valence-electron chi connectivity index (χ4n) is 10.6. The summed E-state index contributed by atoms with van der Waals surface area (Å²) in [5.74, 6) is 0.252. The van der Waals surface area contributed by atoms with Crippen LogP contribution in [0.25, 0.3) is 0 Å². The Morgan fingerprint density at radius 2 is 0.507 bits per heavy atom. The Labute approximate surface area is 447 Å². The zero-order valence-corrected chi connectivity index (χ0v) is 49.5. The van der Waals surface area contributed by atoms with Crippen molar-refractivity contribution in [3.63, 3.8) is 0 Å². The van der Waals surface area contributed by atoms with E-state index in [4.69, 9.17) is 0 Å². The van der Waals surface area contributed by atoms with Crippen LogP contribution in [0.1, 0.15) is 324 Å². The Hall–Kier alpha value is -1.18. The first-order chi connectivity index (χ1) is 35.1. The van der Waals surface area contributed by atoms with Crippen molar-refractivity contribution in [1.29, 1.82) is 0 Å². The number of hydrogen-bond donors (Lipinski definition) is 1. The molecule has 0 aliphatic carbocycles. The minimum absolute atomic E-state index is 0.252. The van der Waals surface area contributed by atoms with Gasteiger partial charge in [-0.25, -0.2) is 0 Å². The maximum absolute atomic E-state index is 14.5. The number of unbranched alkanes of at least 4 members (excludes halogenated alkanes) is 40. The third-order valence-corrected chi connectivity index (χ3v) is 15.6. The van der Waals surface area contributed by atoms with Crippen molar-refractivity contribution in [3.8, 4) is 0 Å².